The first-order valence-electron chi connectivity index (χ1n) is 11.0. The van der Waals surface area contributed by atoms with Gasteiger partial charge >= 0.3 is 0 Å². The Morgan fingerprint density at radius 3 is 1.69 bits per heavy atom. The van der Waals surface area contributed by atoms with Crippen molar-refractivity contribution in [2.75, 3.05) is 4.90 Å². The van der Waals surface area contributed by atoms with E-state index in [1.807, 2.05) is 0 Å². The van der Waals surface area contributed by atoms with Crippen molar-refractivity contribution in [3.63, 3.8) is 0 Å². The van der Waals surface area contributed by atoms with Gasteiger partial charge in [-0.3, -0.25) is 0 Å². The molecule has 1 heteroatoms. The van der Waals surface area contributed by atoms with Crippen LogP contribution in [0.1, 0.15) is 5.56 Å². The summed E-state index contributed by atoms with van der Waals surface area (Å²) in [7, 11) is 0. The average Bonchev–Trinajstić information content (AvgIpc) is 2.86. The van der Waals surface area contributed by atoms with E-state index < -0.39 is 0 Å². The Balaban J connectivity index is 1.76. The Bertz CT molecular complexity index is 1310. The van der Waals surface area contributed by atoms with Gasteiger partial charge in [-0.2, -0.15) is 0 Å². The van der Waals surface area contributed by atoms with Crippen LogP contribution >= 0.6 is 0 Å². The normalized spacial score (nSPS) is 10.7. The lowest BCUT2D eigenvalue weighted by molar-refractivity contribution is 1.27. The fourth-order valence-electron chi connectivity index (χ4n) is 4.16. The van der Waals surface area contributed by atoms with Crippen molar-refractivity contribution >= 4 is 17.1 Å². The van der Waals surface area contributed by atoms with Crippen molar-refractivity contribution in [2.24, 2.45) is 0 Å². The SMILES string of the molecule is Cc1cccc(N(c2ccccc2)c2ccc(-c3ccccc3)cc2-c2ccccc2)c1. The molecule has 0 fully saturated rings. The molecule has 0 aliphatic heterocycles. The summed E-state index contributed by atoms with van der Waals surface area (Å²) in [5, 5.41) is 0. The van der Waals surface area contributed by atoms with E-state index in [0.29, 0.717) is 0 Å². The number of para-hydroxylation sites is 1. The highest BCUT2D eigenvalue weighted by atomic mass is 15.1. The summed E-state index contributed by atoms with van der Waals surface area (Å²) in [6.07, 6.45) is 0. The Labute approximate surface area is 190 Å². The molecular weight excluding hydrogens is 386 g/mol. The molecule has 154 valence electrons. The lowest BCUT2D eigenvalue weighted by Crippen LogP contribution is -2.11. The number of aryl methyl sites for hydroxylation is 1. The minimum atomic E-state index is 1.14. The molecule has 0 radical (unpaired) electrons. The van der Waals surface area contributed by atoms with Gasteiger partial charge in [0.1, 0.15) is 0 Å². The Morgan fingerprint density at radius 1 is 0.438 bits per heavy atom. The molecule has 0 saturated carbocycles. The van der Waals surface area contributed by atoms with Crippen molar-refractivity contribution in [1.29, 1.82) is 0 Å². The van der Waals surface area contributed by atoms with Gasteiger partial charge in [0.05, 0.1) is 5.69 Å². The van der Waals surface area contributed by atoms with Crippen molar-refractivity contribution < 1.29 is 0 Å². The fourth-order valence-corrected chi connectivity index (χ4v) is 4.16. The third-order valence-electron chi connectivity index (χ3n) is 5.70. The van der Waals surface area contributed by atoms with Crippen molar-refractivity contribution in [2.45, 2.75) is 6.92 Å². The van der Waals surface area contributed by atoms with Crippen LogP contribution in [0.5, 0.6) is 0 Å². The van der Waals surface area contributed by atoms with Crippen LogP contribution in [0.3, 0.4) is 0 Å². The van der Waals surface area contributed by atoms with Gasteiger partial charge < -0.3 is 4.90 Å². The average molecular weight is 412 g/mol. The van der Waals surface area contributed by atoms with Gasteiger partial charge in [-0.25, -0.2) is 0 Å². The predicted octanol–water partition coefficient (Wildman–Crippen LogP) is 8.80. The molecule has 5 rings (SSSR count). The lowest BCUT2D eigenvalue weighted by atomic mass is 9.96. The highest BCUT2D eigenvalue weighted by Crippen LogP contribution is 2.42. The second-order valence-electron chi connectivity index (χ2n) is 7.97. The summed E-state index contributed by atoms with van der Waals surface area (Å²) in [5.74, 6) is 0. The number of hydrogen-bond donors (Lipinski definition) is 0. The molecule has 32 heavy (non-hydrogen) atoms. The van der Waals surface area contributed by atoms with Gasteiger partial charge in [-0.15, -0.1) is 0 Å². The summed E-state index contributed by atoms with van der Waals surface area (Å²) in [6.45, 7) is 2.14. The predicted molar refractivity (Wildman–Crippen MR) is 137 cm³/mol. The van der Waals surface area contributed by atoms with Crippen LogP contribution in [0.15, 0.2) is 133 Å². The van der Waals surface area contributed by atoms with Crippen LogP contribution in [0.2, 0.25) is 0 Å². The maximum atomic E-state index is 2.35. The number of nitrogens with zero attached hydrogens (tertiary/aromatic N) is 1. The zero-order valence-electron chi connectivity index (χ0n) is 18.1. The number of anilines is 3. The summed E-state index contributed by atoms with van der Waals surface area (Å²) in [6, 6.07) is 47.3. The molecule has 0 aliphatic carbocycles. The third kappa shape index (κ3) is 4.06. The number of rotatable bonds is 5. The molecule has 0 aromatic heterocycles. The Hall–Kier alpha value is -4.10. The molecule has 0 bridgehead atoms. The largest absolute Gasteiger partial charge is 0.310 e. The van der Waals surface area contributed by atoms with E-state index in [2.05, 4.69) is 145 Å². The minimum Gasteiger partial charge on any atom is -0.310 e. The first-order valence-corrected chi connectivity index (χ1v) is 11.0. The van der Waals surface area contributed by atoms with Crippen molar-refractivity contribution in [3.8, 4) is 22.3 Å². The monoisotopic (exact) mass is 411 g/mol. The molecule has 1 nitrogen and oxygen atoms in total. The zero-order valence-corrected chi connectivity index (χ0v) is 18.1. The molecule has 0 aliphatic rings. The molecule has 0 saturated heterocycles. The van der Waals surface area contributed by atoms with Crippen LogP contribution in [-0.4, -0.2) is 0 Å². The van der Waals surface area contributed by atoms with Crippen molar-refractivity contribution in [1.82, 2.24) is 0 Å². The maximum absolute atomic E-state index is 2.35. The minimum absolute atomic E-state index is 1.14. The summed E-state index contributed by atoms with van der Waals surface area (Å²) < 4.78 is 0. The third-order valence-corrected chi connectivity index (χ3v) is 5.70. The Kier molecular flexibility index (Phi) is 5.55. The van der Waals surface area contributed by atoms with E-state index in [1.54, 1.807) is 0 Å². The van der Waals surface area contributed by atoms with Gasteiger partial charge in [0, 0.05) is 16.9 Å². The molecule has 0 atom stereocenters. The summed E-state index contributed by atoms with van der Waals surface area (Å²) in [4.78, 5) is 2.35. The van der Waals surface area contributed by atoms with Gasteiger partial charge in [0.15, 0.2) is 0 Å². The smallest absolute Gasteiger partial charge is 0.0540 e. The van der Waals surface area contributed by atoms with Crippen LogP contribution in [0.25, 0.3) is 22.3 Å². The molecule has 0 unspecified atom stereocenters. The highest BCUT2D eigenvalue weighted by Gasteiger charge is 2.18. The van der Waals surface area contributed by atoms with Gasteiger partial charge in [0.25, 0.3) is 0 Å². The van der Waals surface area contributed by atoms with Crippen LogP contribution < -0.4 is 4.90 Å². The summed E-state index contributed by atoms with van der Waals surface area (Å²) >= 11 is 0. The molecule has 5 aromatic carbocycles. The van der Waals surface area contributed by atoms with Gasteiger partial charge in [0.2, 0.25) is 0 Å². The first kappa shape index (κ1) is 19.8. The maximum Gasteiger partial charge on any atom is 0.0540 e. The molecule has 0 N–H and O–H groups in total. The Morgan fingerprint density at radius 2 is 1.03 bits per heavy atom. The second kappa shape index (κ2) is 8.95. The van der Waals surface area contributed by atoms with Gasteiger partial charge in [-0.05, 0) is 65.6 Å². The molecule has 0 spiro atoms. The van der Waals surface area contributed by atoms with E-state index in [0.717, 1.165) is 17.1 Å². The summed E-state index contributed by atoms with van der Waals surface area (Å²) in [5.41, 5.74) is 9.54. The quantitative estimate of drug-likeness (QED) is 0.279. The zero-order chi connectivity index (χ0) is 21.8. The number of hydrogen-bond acceptors (Lipinski definition) is 1. The van der Waals surface area contributed by atoms with Crippen LogP contribution in [0, 0.1) is 6.92 Å². The van der Waals surface area contributed by atoms with Gasteiger partial charge in [-0.1, -0.05) is 97.1 Å². The van der Waals surface area contributed by atoms with Crippen LogP contribution in [-0.2, 0) is 0 Å². The molecular formula is C31H25N. The van der Waals surface area contributed by atoms with Crippen molar-refractivity contribution in [3.05, 3.63) is 139 Å². The van der Waals surface area contributed by atoms with E-state index >= 15 is 0 Å². The van der Waals surface area contributed by atoms with E-state index in [9.17, 15) is 0 Å². The molecule has 5 aromatic rings. The molecule has 0 amide bonds. The highest BCUT2D eigenvalue weighted by molar-refractivity contribution is 5.90. The standard InChI is InChI=1S/C31H25N/c1-24-12-11-19-29(22-24)32(28-17-9-4-10-18-28)31-21-20-27(25-13-5-2-6-14-25)23-30(31)26-15-7-3-8-16-26/h2-23H,1H3. The molecule has 0 heterocycles. The topological polar surface area (TPSA) is 3.24 Å². The lowest BCUT2D eigenvalue weighted by Gasteiger charge is -2.28. The second-order valence-corrected chi connectivity index (χ2v) is 7.97. The van der Waals surface area contributed by atoms with Crippen LogP contribution in [0.4, 0.5) is 17.1 Å². The number of benzene rings is 5. The first-order chi connectivity index (χ1) is 15.8. The fraction of sp³-hybridized carbons (Fsp3) is 0.0323. The van der Waals surface area contributed by atoms with E-state index in [-0.39, 0.29) is 0 Å². The van der Waals surface area contributed by atoms with E-state index in [4.69, 9.17) is 0 Å². The van der Waals surface area contributed by atoms with E-state index in [1.165, 1.54) is 27.8 Å².